The van der Waals surface area contributed by atoms with Gasteiger partial charge in [0, 0.05) is 12.0 Å². The first-order valence-electron chi connectivity index (χ1n) is 4.29. The molecule has 0 aromatic rings. The number of methoxy groups -OCH3 is 1. The number of carbonyl (C=O) groups excluding carboxylic acids is 2. The molecule has 0 aliphatic heterocycles. The maximum Gasteiger partial charge on any atom is 0.320 e. The Morgan fingerprint density at radius 2 is 1.93 bits per heavy atom. The summed E-state index contributed by atoms with van der Waals surface area (Å²) in [6.07, 6.45) is 0. The van der Waals surface area contributed by atoms with Gasteiger partial charge in [-0.2, -0.15) is 0 Å². The Kier molecular flexibility index (Phi) is 5.40. The average Bonchev–Trinajstić information content (AvgIpc) is 2.10. The highest BCUT2D eigenvalue weighted by Crippen LogP contribution is 2.12. The molecule has 0 saturated carbocycles. The van der Waals surface area contributed by atoms with E-state index in [4.69, 9.17) is 0 Å². The summed E-state index contributed by atoms with van der Waals surface area (Å²) in [5.74, 6) is -0.386. The summed E-state index contributed by atoms with van der Waals surface area (Å²) in [6.45, 7) is 5.78. The zero-order chi connectivity index (χ0) is 11.4. The first-order chi connectivity index (χ1) is 6.29. The molecule has 1 N–H and O–H groups in total. The average molecular weight is 313 g/mol. The van der Waals surface area contributed by atoms with Crippen molar-refractivity contribution >= 4 is 34.5 Å². The Bertz CT molecular complexity index is 223. The number of halogens is 1. The minimum Gasteiger partial charge on any atom is -0.468 e. The van der Waals surface area contributed by atoms with Crippen molar-refractivity contribution in [3.8, 4) is 0 Å². The zero-order valence-corrected chi connectivity index (χ0v) is 11.0. The van der Waals surface area contributed by atoms with Crippen LogP contribution in [0.2, 0.25) is 0 Å². The van der Waals surface area contributed by atoms with Crippen LogP contribution in [0, 0.1) is 5.41 Å². The summed E-state index contributed by atoms with van der Waals surface area (Å²) in [6, 6.07) is 0. The molecule has 14 heavy (non-hydrogen) atoms. The van der Waals surface area contributed by atoms with E-state index < -0.39 is 5.41 Å². The molecule has 1 amide bonds. The summed E-state index contributed by atoms with van der Waals surface area (Å²) in [7, 11) is 1.33. The quantitative estimate of drug-likeness (QED) is 0.483. The van der Waals surface area contributed by atoms with Gasteiger partial charge in [0.25, 0.3) is 0 Å². The summed E-state index contributed by atoms with van der Waals surface area (Å²) in [5.41, 5.74) is -0.424. The third-order valence-electron chi connectivity index (χ3n) is 1.58. The monoisotopic (exact) mass is 313 g/mol. The molecule has 4 nitrogen and oxygen atoms in total. The van der Waals surface area contributed by atoms with Crippen molar-refractivity contribution in [1.29, 1.82) is 0 Å². The van der Waals surface area contributed by atoms with E-state index in [9.17, 15) is 9.59 Å². The molecule has 0 aliphatic rings. The number of carbonyl (C=O) groups is 2. The molecule has 0 aliphatic carbocycles. The first kappa shape index (κ1) is 13.7. The fourth-order valence-corrected chi connectivity index (χ4v) is 1.13. The highest BCUT2D eigenvalue weighted by Gasteiger charge is 2.23. The molecule has 0 rings (SSSR count). The summed E-state index contributed by atoms with van der Waals surface area (Å²) < 4.78 is 4.20. The highest BCUT2D eigenvalue weighted by atomic mass is 127. The fraction of sp³-hybridized carbons (Fsp3) is 0.778. The molecule has 0 aromatic heterocycles. The van der Waals surface area contributed by atoms with Crippen molar-refractivity contribution in [2.45, 2.75) is 24.7 Å². The van der Waals surface area contributed by atoms with Gasteiger partial charge in [0.05, 0.1) is 7.11 Å². The second-order valence-electron chi connectivity index (χ2n) is 3.95. The number of ether oxygens (including phenoxy) is 1. The lowest BCUT2D eigenvalue weighted by molar-refractivity contribution is -0.139. The maximum absolute atomic E-state index is 11.4. The van der Waals surface area contributed by atoms with Crippen molar-refractivity contribution in [3.63, 3.8) is 0 Å². The minimum atomic E-state index is -0.424. The number of esters is 1. The molecule has 0 saturated heterocycles. The van der Waals surface area contributed by atoms with Crippen LogP contribution in [0.5, 0.6) is 0 Å². The Balaban J connectivity index is 3.96. The van der Waals surface area contributed by atoms with Crippen molar-refractivity contribution < 1.29 is 14.3 Å². The van der Waals surface area contributed by atoms with Crippen LogP contribution in [0.4, 0.5) is 0 Å². The number of hydrogen-bond donors (Lipinski definition) is 1. The van der Waals surface area contributed by atoms with Gasteiger partial charge in [0.15, 0.2) is 0 Å². The number of alkyl halides is 1. The molecule has 1 atom stereocenters. The topological polar surface area (TPSA) is 55.4 Å². The molecule has 1 unspecified atom stereocenters. The fourth-order valence-electron chi connectivity index (χ4n) is 0.659. The van der Waals surface area contributed by atoms with Crippen LogP contribution in [0.15, 0.2) is 0 Å². The third kappa shape index (κ3) is 4.78. The Morgan fingerprint density at radius 1 is 1.43 bits per heavy atom. The van der Waals surface area contributed by atoms with E-state index in [-0.39, 0.29) is 15.8 Å². The maximum atomic E-state index is 11.4. The molecule has 5 heteroatoms. The minimum absolute atomic E-state index is 0.0666. The van der Waals surface area contributed by atoms with E-state index in [1.807, 2.05) is 43.4 Å². The second kappa shape index (κ2) is 5.53. The molecule has 0 aromatic carbocycles. The molecular weight excluding hydrogens is 297 g/mol. The van der Waals surface area contributed by atoms with Gasteiger partial charge in [-0.1, -0.05) is 43.4 Å². The molecule has 82 valence electrons. The number of nitrogens with one attached hydrogen (secondary N) is 1. The molecule has 0 fully saturated rings. The van der Waals surface area contributed by atoms with E-state index in [0.29, 0.717) is 6.54 Å². The Hall–Kier alpha value is -0.330. The van der Waals surface area contributed by atoms with E-state index in [1.54, 1.807) is 0 Å². The van der Waals surface area contributed by atoms with Crippen LogP contribution in [-0.2, 0) is 14.3 Å². The van der Waals surface area contributed by atoms with Gasteiger partial charge in [-0.25, -0.2) is 0 Å². The van der Waals surface area contributed by atoms with Crippen LogP contribution in [0.25, 0.3) is 0 Å². The largest absolute Gasteiger partial charge is 0.468 e. The van der Waals surface area contributed by atoms with E-state index in [1.165, 1.54) is 7.11 Å². The summed E-state index contributed by atoms with van der Waals surface area (Å²) >= 11 is 1.94. The smallest absolute Gasteiger partial charge is 0.320 e. The van der Waals surface area contributed by atoms with Crippen molar-refractivity contribution in [2.24, 2.45) is 5.41 Å². The molecular formula is C9H16INO3. The van der Waals surface area contributed by atoms with Gasteiger partial charge in [-0.15, -0.1) is 0 Å². The zero-order valence-electron chi connectivity index (χ0n) is 8.89. The lowest BCUT2D eigenvalue weighted by atomic mass is 9.96. The van der Waals surface area contributed by atoms with E-state index >= 15 is 0 Å². The van der Waals surface area contributed by atoms with Gasteiger partial charge >= 0.3 is 5.97 Å². The first-order valence-corrected chi connectivity index (χ1v) is 5.53. The Labute approximate surface area is 97.9 Å². The summed E-state index contributed by atoms with van der Waals surface area (Å²) in [5, 5.41) is 2.69. The van der Waals surface area contributed by atoms with Crippen LogP contribution >= 0.6 is 22.6 Å². The lowest BCUT2D eigenvalue weighted by Crippen LogP contribution is -2.40. The SMILES string of the molecule is COC(=O)C(I)CNC(=O)C(C)(C)C. The van der Waals surface area contributed by atoms with Crippen molar-refractivity contribution in [2.75, 3.05) is 13.7 Å². The lowest BCUT2D eigenvalue weighted by Gasteiger charge is -2.18. The van der Waals surface area contributed by atoms with Crippen LogP contribution in [-0.4, -0.2) is 29.5 Å². The van der Waals surface area contributed by atoms with Crippen LogP contribution in [0.3, 0.4) is 0 Å². The van der Waals surface area contributed by atoms with Crippen molar-refractivity contribution in [1.82, 2.24) is 5.32 Å². The molecule has 0 radical (unpaired) electrons. The van der Waals surface area contributed by atoms with Gasteiger partial charge in [0.2, 0.25) is 5.91 Å². The number of amides is 1. The van der Waals surface area contributed by atoms with E-state index in [2.05, 4.69) is 10.1 Å². The van der Waals surface area contributed by atoms with Gasteiger partial charge < -0.3 is 10.1 Å². The van der Waals surface area contributed by atoms with Crippen LogP contribution < -0.4 is 5.32 Å². The predicted octanol–water partition coefficient (Wildman–Crippen LogP) is 1.13. The third-order valence-corrected chi connectivity index (χ3v) is 2.53. The Morgan fingerprint density at radius 3 is 2.29 bits per heavy atom. The van der Waals surface area contributed by atoms with Gasteiger partial charge in [-0.3, -0.25) is 9.59 Å². The van der Waals surface area contributed by atoms with Gasteiger partial charge in [0.1, 0.15) is 3.92 Å². The highest BCUT2D eigenvalue weighted by molar-refractivity contribution is 14.1. The standard InChI is InChI=1S/C9H16INO3/c1-9(2,3)8(13)11-5-6(10)7(12)14-4/h6H,5H2,1-4H3,(H,11,13). The molecule has 0 heterocycles. The second-order valence-corrected chi connectivity index (χ2v) is 5.45. The normalized spacial score (nSPS) is 13.2. The summed E-state index contributed by atoms with van der Waals surface area (Å²) in [4.78, 5) is 22.4. The van der Waals surface area contributed by atoms with E-state index in [0.717, 1.165) is 0 Å². The molecule has 0 bridgehead atoms. The van der Waals surface area contributed by atoms with Crippen molar-refractivity contribution in [3.05, 3.63) is 0 Å². The van der Waals surface area contributed by atoms with Crippen LogP contribution in [0.1, 0.15) is 20.8 Å². The predicted molar refractivity (Wildman–Crippen MR) is 62.3 cm³/mol. The molecule has 0 spiro atoms. The number of hydrogen-bond acceptors (Lipinski definition) is 3. The number of rotatable bonds is 3. The van der Waals surface area contributed by atoms with Gasteiger partial charge in [-0.05, 0) is 0 Å².